The van der Waals surface area contributed by atoms with Crippen molar-refractivity contribution in [3.05, 3.63) is 24.4 Å². The van der Waals surface area contributed by atoms with E-state index in [1.807, 2.05) is 70.5 Å². The van der Waals surface area contributed by atoms with Crippen LogP contribution in [0.15, 0.2) is 29.4 Å². The Labute approximate surface area is 433 Å². The van der Waals surface area contributed by atoms with Gasteiger partial charge in [0.2, 0.25) is 0 Å². The lowest BCUT2D eigenvalue weighted by Gasteiger charge is -2.60. The standard InChI is InChI=1S/C56H101NO7S4/c1-45(2,3)30-35-65-66-36-33-61-42(58)54(23,47(7,8)9)39-49(13,14)53(21,22)56(25,43(59)62-34-37-67-68-41-28-26-27-31-57-41)40-50(15,16)52(19,20)55(24,38-46(4,5)6)44(60)64-51(17,18)29-32-63-48(10,11)12/h26-28,31H,29-30,32-40H2,1-25H3. The summed E-state index contributed by atoms with van der Waals surface area (Å²) in [5.74, 6) is 1.59. The van der Waals surface area contributed by atoms with Gasteiger partial charge in [0, 0.05) is 29.9 Å². The number of nitrogens with zero attached hydrogens (tertiary/aromatic N) is 1. The van der Waals surface area contributed by atoms with Crippen LogP contribution in [0, 0.1) is 54.1 Å². The van der Waals surface area contributed by atoms with Gasteiger partial charge in [-0.25, -0.2) is 4.98 Å². The van der Waals surface area contributed by atoms with Crippen LogP contribution in [0.1, 0.15) is 205 Å². The van der Waals surface area contributed by atoms with Crippen molar-refractivity contribution < 1.29 is 33.3 Å². The molecule has 3 unspecified atom stereocenters. The van der Waals surface area contributed by atoms with Gasteiger partial charge in [-0.15, -0.1) is 0 Å². The molecule has 0 fully saturated rings. The molecule has 8 nitrogen and oxygen atoms in total. The molecule has 1 heterocycles. The maximum atomic E-state index is 15.3. The first-order valence-electron chi connectivity index (χ1n) is 25.0. The van der Waals surface area contributed by atoms with Gasteiger partial charge in [0.25, 0.3) is 0 Å². The Morgan fingerprint density at radius 1 is 0.500 bits per heavy atom. The highest BCUT2D eigenvalue weighted by Gasteiger charge is 2.64. The summed E-state index contributed by atoms with van der Waals surface area (Å²) in [6.07, 6.45) is 4.87. The number of carbonyl (C=O) groups is 3. The number of ether oxygens (including phenoxy) is 4. The molecule has 3 atom stereocenters. The fourth-order valence-electron chi connectivity index (χ4n) is 9.14. The third-order valence-electron chi connectivity index (χ3n) is 15.8. The summed E-state index contributed by atoms with van der Waals surface area (Å²) >= 11 is 0. The van der Waals surface area contributed by atoms with E-state index in [1.165, 1.54) is 0 Å². The maximum absolute atomic E-state index is 15.3. The molecule has 0 N–H and O–H groups in total. The summed E-state index contributed by atoms with van der Waals surface area (Å²) in [5, 5.41) is 0.896. The predicted octanol–water partition coefficient (Wildman–Crippen LogP) is 16.6. The zero-order valence-electron chi connectivity index (χ0n) is 48.0. The van der Waals surface area contributed by atoms with E-state index < -0.39 is 48.9 Å². The van der Waals surface area contributed by atoms with Gasteiger partial charge in [0.1, 0.15) is 23.8 Å². The number of rotatable bonds is 27. The molecule has 1 aromatic heterocycles. The molecule has 0 aliphatic rings. The van der Waals surface area contributed by atoms with Crippen molar-refractivity contribution in [3.63, 3.8) is 0 Å². The third-order valence-corrected chi connectivity index (χ3v) is 20.4. The van der Waals surface area contributed by atoms with Crippen molar-refractivity contribution in [2.45, 2.75) is 221 Å². The Balaban J connectivity index is 3.82. The van der Waals surface area contributed by atoms with E-state index in [2.05, 4.69) is 137 Å². The second-order valence-electron chi connectivity index (χ2n) is 27.5. The summed E-state index contributed by atoms with van der Waals surface area (Å²) < 4.78 is 25.2. The molecule has 0 aliphatic heterocycles. The zero-order chi connectivity index (χ0) is 53.3. The van der Waals surface area contributed by atoms with Crippen LogP contribution in [0.3, 0.4) is 0 Å². The van der Waals surface area contributed by atoms with Crippen LogP contribution in [-0.4, -0.2) is 71.2 Å². The smallest absolute Gasteiger partial charge is 0.312 e. The first kappa shape index (κ1) is 64.9. The van der Waals surface area contributed by atoms with E-state index in [1.54, 1.807) is 38.6 Å². The van der Waals surface area contributed by atoms with Gasteiger partial charge in [-0.1, -0.05) is 156 Å². The third kappa shape index (κ3) is 18.4. The van der Waals surface area contributed by atoms with Gasteiger partial charge in [-0.2, -0.15) is 0 Å². The summed E-state index contributed by atoms with van der Waals surface area (Å²) in [5.41, 5.74) is -7.20. The number of carbonyl (C=O) groups excluding carboxylic acids is 3. The van der Waals surface area contributed by atoms with E-state index in [-0.39, 0.29) is 40.9 Å². The van der Waals surface area contributed by atoms with Crippen molar-refractivity contribution in [2.75, 3.05) is 37.1 Å². The molecule has 0 saturated heterocycles. The minimum absolute atomic E-state index is 0.216. The quantitative estimate of drug-likeness (QED) is 0.0363. The topological polar surface area (TPSA) is 101 Å². The normalized spacial score (nSPS) is 16.6. The predicted molar refractivity (Wildman–Crippen MR) is 296 cm³/mol. The molecule has 0 bridgehead atoms. The van der Waals surface area contributed by atoms with Gasteiger partial charge in [0.05, 0.1) is 28.5 Å². The molecule has 0 aliphatic carbocycles. The summed E-state index contributed by atoms with van der Waals surface area (Å²) in [4.78, 5) is 49.3. The van der Waals surface area contributed by atoms with E-state index in [0.29, 0.717) is 50.4 Å². The van der Waals surface area contributed by atoms with Crippen LogP contribution in [0.2, 0.25) is 0 Å². The Hall–Kier alpha value is -1.08. The largest absolute Gasteiger partial charge is 0.464 e. The van der Waals surface area contributed by atoms with Crippen molar-refractivity contribution in [1.82, 2.24) is 4.98 Å². The van der Waals surface area contributed by atoms with Crippen LogP contribution < -0.4 is 0 Å². The van der Waals surface area contributed by atoms with Crippen LogP contribution in [0.25, 0.3) is 0 Å². The first-order valence-corrected chi connectivity index (χ1v) is 29.8. The Bertz CT molecular complexity index is 1750. The average molecular weight is 1030 g/mol. The van der Waals surface area contributed by atoms with Gasteiger partial charge >= 0.3 is 17.9 Å². The minimum atomic E-state index is -1.10. The van der Waals surface area contributed by atoms with E-state index >= 15 is 9.59 Å². The molecule has 68 heavy (non-hydrogen) atoms. The number of hydrogen-bond donors (Lipinski definition) is 0. The first-order chi connectivity index (χ1) is 30.3. The molecule has 0 radical (unpaired) electrons. The zero-order valence-corrected chi connectivity index (χ0v) is 51.3. The molecule has 0 spiro atoms. The van der Waals surface area contributed by atoms with E-state index in [9.17, 15) is 4.79 Å². The van der Waals surface area contributed by atoms with Crippen LogP contribution >= 0.6 is 43.2 Å². The van der Waals surface area contributed by atoms with Gasteiger partial charge in [-0.05, 0) is 142 Å². The Kier molecular flexibility index (Phi) is 23.2. The molecule has 12 heteroatoms. The van der Waals surface area contributed by atoms with Gasteiger partial charge < -0.3 is 18.9 Å². The minimum Gasteiger partial charge on any atom is -0.464 e. The summed E-state index contributed by atoms with van der Waals surface area (Å²) in [6, 6.07) is 5.82. The van der Waals surface area contributed by atoms with E-state index in [4.69, 9.17) is 18.9 Å². The van der Waals surface area contributed by atoms with Crippen molar-refractivity contribution >= 4 is 61.1 Å². The lowest BCUT2D eigenvalue weighted by molar-refractivity contribution is -0.197. The van der Waals surface area contributed by atoms with Crippen LogP contribution in [0.4, 0.5) is 0 Å². The number of hydrogen-bond acceptors (Lipinski definition) is 12. The monoisotopic (exact) mass is 1030 g/mol. The van der Waals surface area contributed by atoms with E-state index in [0.717, 1.165) is 17.2 Å². The molecular weight excluding hydrogens is 927 g/mol. The fraction of sp³-hybridized carbons (Fsp3) is 0.857. The molecule has 0 saturated carbocycles. The number of esters is 3. The molecular formula is C56H101NO7S4. The lowest BCUT2D eigenvalue weighted by Crippen LogP contribution is -2.59. The highest BCUT2D eigenvalue weighted by molar-refractivity contribution is 8.77. The summed E-state index contributed by atoms with van der Waals surface area (Å²) in [7, 11) is 6.75. The maximum Gasteiger partial charge on any atom is 0.312 e. The molecule has 396 valence electrons. The lowest BCUT2D eigenvalue weighted by atomic mass is 9.43. The molecule has 1 rings (SSSR count). The highest BCUT2D eigenvalue weighted by Crippen LogP contribution is 2.66. The highest BCUT2D eigenvalue weighted by atomic mass is 33.1. The average Bonchev–Trinajstić information content (AvgIpc) is 3.14. The van der Waals surface area contributed by atoms with Crippen molar-refractivity contribution in [3.8, 4) is 0 Å². The Morgan fingerprint density at radius 3 is 1.40 bits per heavy atom. The van der Waals surface area contributed by atoms with Crippen molar-refractivity contribution in [1.29, 1.82) is 0 Å². The van der Waals surface area contributed by atoms with Crippen molar-refractivity contribution in [2.24, 2.45) is 54.1 Å². The van der Waals surface area contributed by atoms with Gasteiger partial charge in [-0.3, -0.25) is 14.4 Å². The summed E-state index contributed by atoms with van der Waals surface area (Å²) in [6.45, 7) is 54.3. The molecule has 1 aromatic rings. The van der Waals surface area contributed by atoms with Crippen LogP contribution in [-0.2, 0) is 33.3 Å². The Morgan fingerprint density at radius 2 is 0.956 bits per heavy atom. The van der Waals surface area contributed by atoms with Gasteiger partial charge in [0.15, 0.2) is 0 Å². The SMILES string of the molecule is CC(C)(C)CCSSCCOC(=O)C(C)(CC(C)(C)C(C)(C)C(C)(CC(C)(C)C(C)(C)C(C)(CC(C)(C)C)C(=O)OC(C)(C)CCOC(C)(C)C)C(=O)OCCSSc1ccccn1)C(C)(C)C. The second-order valence-corrected chi connectivity index (χ2v) is 32.7. The molecule has 0 aromatic carbocycles. The number of pyridine rings is 1. The number of aromatic nitrogens is 1. The second kappa shape index (κ2) is 24.3. The van der Waals surface area contributed by atoms with Crippen LogP contribution in [0.5, 0.6) is 0 Å². The fourth-order valence-corrected chi connectivity index (χ4v) is 13.1. The molecule has 0 amide bonds.